The Hall–Kier alpha value is -3.83. The Bertz CT molecular complexity index is 1150. The maximum Gasteiger partial charge on any atom is 0.330 e. The molecule has 0 spiro atoms. The number of esters is 1. The first-order chi connectivity index (χ1) is 15.7. The van der Waals surface area contributed by atoms with E-state index in [1.165, 1.54) is 22.8 Å². The van der Waals surface area contributed by atoms with Crippen molar-refractivity contribution in [3.63, 3.8) is 0 Å². The molecule has 3 N–H and O–H groups in total. The van der Waals surface area contributed by atoms with Crippen LogP contribution in [0.4, 0.5) is 11.4 Å². The maximum atomic E-state index is 11.6. The van der Waals surface area contributed by atoms with Crippen molar-refractivity contribution in [3.8, 4) is 0 Å². The van der Waals surface area contributed by atoms with E-state index in [-0.39, 0.29) is 5.97 Å². The first kappa shape index (κ1) is 21.4. The summed E-state index contributed by atoms with van der Waals surface area (Å²) in [6, 6.07) is 25.1. The summed E-state index contributed by atoms with van der Waals surface area (Å²) in [5.74, 6) is -0.331. The van der Waals surface area contributed by atoms with Crippen LogP contribution in [0.1, 0.15) is 42.5 Å². The van der Waals surface area contributed by atoms with Crippen LogP contribution in [0.25, 0.3) is 17.2 Å². The number of rotatable bonds is 7. The van der Waals surface area contributed by atoms with Gasteiger partial charge in [0.2, 0.25) is 0 Å². The number of hydrogen-bond donors (Lipinski definition) is 3. The van der Waals surface area contributed by atoms with Gasteiger partial charge in [-0.25, -0.2) is 4.79 Å². The van der Waals surface area contributed by atoms with Crippen LogP contribution < -0.4 is 16.4 Å². The molecule has 3 aromatic carbocycles. The Morgan fingerprint density at radius 2 is 1.56 bits per heavy atom. The molecule has 0 aliphatic carbocycles. The molecule has 3 aromatic rings. The minimum Gasteiger partial charge on any atom is -0.463 e. The normalized spacial score (nSPS) is 13.2. The summed E-state index contributed by atoms with van der Waals surface area (Å²) in [6.45, 7) is 4.36. The molecule has 1 aliphatic heterocycles. The number of fused-ring (bicyclic) bond motifs is 1. The van der Waals surface area contributed by atoms with E-state index in [1.807, 2.05) is 18.2 Å². The third-order valence-electron chi connectivity index (χ3n) is 5.38. The number of allylic oxidation sites excluding steroid dienone is 1. The lowest BCUT2D eigenvalue weighted by atomic mass is 9.87. The van der Waals surface area contributed by atoms with Crippen LogP contribution in [0, 0.1) is 0 Å². The van der Waals surface area contributed by atoms with Crippen molar-refractivity contribution in [1.29, 1.82) is 0 Å². The van der Waals surface area contributed by atoms with Crippen LogP contribution in [0.5, 0.6) is 0 Å². The van der Waals surface area contributed by atoms with E-state index in [2.05, 4.69) is 77.9 Å². The first-order valence-electron chi connectivity index (χ1n) is 10.8. The SMILES string of the molecule is CCOC(=O)C=Cc1ccc(C(=C(CC)c2ccccc2)c2ccc3c(c2)NNN3)cc1. The van der Waals surface area contributed by atoms with Crippen LogP contribution in [-0.4, -0.2) is 12.6 Å². The fourth-order valence-electron chi connectivity index (χ4n) is 3.87. The average molecular weight is 426 g/mol. The molecule has 162 valence electrons. The smallest absolute Gasteiger partial charge is 0.330 e. The molecule has 0 fully saturated rings. The van der Waals surface area contributed by atoms with E-state index < -0.39 is 0 Å². The van der Waals surface area contributed by atoms with Crippen molar-refractivity contribution in [3.05, 3.63) is 101 Å². The van der Waals surface area contributed by atoms with Gasteiger partial charge in [0, 0.05) is 6.08 Å². The lowest BCUT2D eigenvalue weighted by Gasteiger charge is -2.17. The lowest BCUT2D eigenvalue weighted by molar-refractivity contribution is -0.137. The highest BCUT2D eigenvalue weighted by Gasteiger charge is 2.16. The Balaban J connectivity index is 1.78. The molecule has 0 amide bonds. The van der Waals surface area contributed by atoms with E-state index in [1.54, 1.807) is 13.0 Å². The van der Waals surface area contributed by atoms with Crippen molar-refractivity contribution < 1.29 is 9.53 Å². The highest BCUT2D eigenvalue weighted by Crippen LogP contribution is 2.37. The second kappa shape index (κ2) is 9.98. The minimum atomic E-state index is -0.331. The van der Waals surface area contributed by atoms with Crippen LogP contribution in [0.2, 0.25) is 0 Å². The number of carbonyl (C=O) groups is 1. The zero-order chi connectivity index (χ0) is 22.3. The molecule has 1 heterocycles. The molecular formula is C27H27N3O2. The topological polar surface area (TPSA) is 62.4 Å². The molecule has 0 aromatic heterocycles. The third kappa shape index (κ3) is 4.74. The summed E-state index contributed by atoms with van der Waals surface area (Å²) in [7, 11) is 0. The van der Waals surface area contributed by atoms with Gasteiger partial charge < -0.3 is 15.6 Å². The molecule has 0 saturated heterocycles. The summed E-state index contributed by atoms with van der Waals surface area (Å²) in [5, 5.41) is 0. The van der Waals surface area contributed by atoms with E-state index in [4.69, 9.17) is 4.74 Å². The lowest BCUT2D eigenvalue weighted by Crippen LogP contribution is -2.19. The van der Waals surface area contributed by atoms with Crippen LogP contribution in [-0.2, 0) is 9.53 Å². The highest BCUT2D eigenvalue weighted by atomic mass is 16.5. The number of ether oxygens (including phenoxy) is 1. The van der Waals surface area contributed by atoms with Gasteiger partial charge in [-0.15, -0.1) is 5.53 Å². The summed E-state index contributed by atoms with van der Waals surface area (Å²) >= 11 is 0. The van der Waals surface area contributed by atoms with Crippen LogP contribution in [0.3, 0.4) is 0 Å². The molecule has 5 heteroatoms. The average Bonchev–Trinajstić information content (AvgIpc) is 3.30. The largest absolute Gasteiger partial charge is 0.463 e. The summed E-state index contributed by atoms with van der Waals surface area (Å²) < 4.78 is 4.97. The van der Waals surface area contributed by atoms with Gasteiger partial charge in [-0.05, 0) is 65.0 Å². The molecule has 5 nitrogen and oxygen atoms in total. The fourth-order valence-corrected chi connectivity index (χ4v) is 3.87. The van der Waals surface area contributed by atoms with Crippen molar-refractivity contribution in [2.45, 2.75) is 20.3 Å². The summed E-state index contributed by atoms with van der Waals surface area (Å²) in [4.78, 5) is 11.6. The van der Waals surface area contributed by atoms with Crippen molar-refractivity contribution >= 4 is 34.6 Å². The number of carbonyl (C=O) groups excluding carboxylic acids is 1. The molecule has 1 aliphatic rings. The van der Waals surface area contributed by atoms with E-state index in [0.717, 1.165) is 34.5 Å². The number of hydrogen-bond acceptors (Lipinski definition) is 5. The number of anilines is 2. The second-order valence-corrected chi connectivity index (χ2v) is 7.42. The van der Waals surface area contributed by atoms with Gasteiger partial charge in [0.25, 0.3) is 0 Å². The van der Waals surface area contributed by atoms with Gasteiger partial charge in [-0.2, -0.15) is 0 Å². The first-order valence-corrected chi connectivity index (χ1v) is 10.8. The Morgan fingerprint density at radius 1 is 0.844 bits per heavy atom. The molecule has 0 radical (unpaired) electrons. The molecular weight excluding hydrogens is 398 g/mol. The zero-order valence-electron chi connectivity index (χ0n) is 18.3. The number of nitrogens with one attached hydrogen (secondary N) is 3. The van der Waals surface area contributed by atoms with Crippen molar-refractivity contribution in [1.82, 2.24) is 5.53 Å². The predicted octanol–water partition coefficient (Wildman–Crippen LogP) is 5.89. The van der Waals surface area contributed by atoms with Crippen molar-refractivity contribution in [2.24, 2.45) is 0 Å². The van der Waals surface area contributed by atoms with Crippen LogP contribution in [0.15, 0.2) is 78.9 Å². The summed E-state index contributed by atoms with van der Waals surface area (Å²) in [6.07, 6.45) is 4.13. The van der Waals surface area contributed by atoms with Gasteiger partial charge >= 0.3 is 5.97 Å². The van der Waals surface area contributed by atoms with Gasteiger partial charge in [-0.3, -0.25) is 0 Å². The monoisotopic (exact) mass is 425 g/mol. The second-order valence-electron chi connectivity index (χ2n) is 7.42. The molecule has 0 saturated carbocycles. The number of hydrazine groups is 2. The van der Waals surface area contributed by atoms with E-state index >= 15 is 0 Å². The quantitative estimate of drug-likeness (QED) is 0.250. The van der Waals surface area contributed by atoms with Gasteiger partial charge in [0.15, 0.2) is 0 Å². The Kier molecular flexibility index (Phi) is 6.68. The molecule has 0 bridgehead atoms. The summed E-state index contributed by atoms with van der Waals surface area (Å²) in [5.41, 5.74) is 18.1. The predicted molar refractivity (Wildman–Crippen MR) is 132 cm³/mol. The Morgan fingerprint density at radius 3 is 2.28 bits per heavy atom. The molecule has 0 unspecified atom stereocenters. The fraction of sp³-hybridized carbons (Fsp3) is 0.148. The van der Waals surface area contributed by atoms with Gasteiger partial charge in [0.1, 0.15) is 0 Å². The van der Waals surface area contributed by atoms with E-state index in [9.17, 15) is 4.79 Å². The van der Waals surface area contributed by atoms with Gasteiger partial charge in [0.05, 0.1) is 18.0 Å². The standard InChI is InChI=1S/C27H27N3O2/c1-3-23(20-8-6-5-7-9-20)27(22-15-16-24-25(18-22)29-30-28-24)21-13-10-19(11-14-21)12-17-26(31)32-4-2/h5-18,28-30H,3-4H2,1-2H3. The van der Waals surface area contributed by atoms with Gasteiger partial charge in [-0.1, -0.05) is 67.6 Å². The maximum absolute atomic E-state index is 11.6. The third-order valence-corrected chi connectivity index (χ3v) is 5.38. The molecule has 32 heavy (non-hydrogen) atoms. The van der Waals surface area contributed by atoms with E-state index in [0.29, 0.717) is 6.61 Å². The Labute approximate surface area is 188 Å². The molecule has 4 rings (SSSR count). The molecule has 0 atom stereocenters. The van der Waals surface area contributed by atoms with Crippen LogP contribution >= 0.6 is 0 Å². The highest BCUT2D eigenvalue weighted by molar-refractivity contribution is 6.00. The van der Waals surface area contributed by atoms with Crippen molar-refractivity contribution in [2.75, 3.05) is 17.5 Å². The number of benzene rings is 3. The zero-order valence-corrected chi connectivity index (χ0v) is 18.3. The minimum absolute atomic E-state index is 0.331.